The summed E-state index contributed by atoms with van der Waals surface area (Å²) >= 11 is 0. The Bertz CT molecular complexity index is 1350. The molecule has 3 aromatic heterocycles. The van der Waals surface area contributed by atoms with Gasteiger partial charge in [-0.1, -0.05) is 18.2 Å². The maximum Gasteiger partial charge on any atom is 0.410 e. The number of likely N-dealkylation sites (tertiary alicyclic amines) is 1. The quantitative estimate of drug-likeness (QED) is 0.408. The minimum absolute atomic E-state index is 0.241. The standard InChI is InChI=1S/C27H31N7O2/c1-27(2,3)36-26(35)33-9-8-19(15-33)16-34-18-24(14-31-34)22-11-28-25(29-12-22)21-7-5-6-20(10-21)23-13-30-32(4)17-23/h5-7,10-14,17-19H,8-9,15-16H2,1-4H3. The number of carbonyl (C=O) groups is 1. The lowest BCUT2D eigenvalue weighted by Crippen LogP contribution is -2.35. The number of carbonyl (C=O) groups excluding carboxylic acids is 1. The van der Waals surface area contributed by atoms with Crippen molar-refractivity contribution in [1.29, 1.82) is 0 Å². The number of hydrogen-bond acceptors (Lipinski definition) is 6. The van der Waals surface area contributed by atoms with Gasteiger partial charge in [-0.3, -0.25) is 9.36 Å². The molecule has 1 aliphatic rings. The first-order chi connectivity index (χ1) is 17.2. The maximum absolute atomic E-state index is 12.3. The molecule has 5 rings (SSSR count). The lowest BCUT2D eigenvalue weighted by Gasteiger charge is -2.24. The first kappa shape index (κ1) is 23.7. The molecule has 1 saturated heterocycles. The lowest BCUT2D eigenvalue weighted by atomic mass is 10.1. The molecule has 0 saturated carbocycles. The summed E-state index contributed by atoms with van der Waals surface area (Å²) in [6.45, 7) is 7.81. The molecule has 1 atom stereocenters. The van der Waals surface area contributed by atoms with Crippen LogP contribution < -0.4 is 0 Å². The predicted octanol–water partition coefficient (Wildman–Crippen LogP) is 4.66. The summed E-state index contributed by atoms with van der Waals surface area (Å²) in [6, 6.07) is 8.15. The Morgan fingerprint density at radius 3 is 2.42 bits per heavy atom. The van der Waals surface area contributed by atoms with Crippen molar-refractivity contribution in [1.82, 2.24) is 34.4 Å². The van der Waals surface area contributed by atoms with Gasteiger partial charge < -0.3 is 9.64 Å². The minimum atomic E-state index is -0.480. The molecule has 0 bridgehead atoms. The van der Waals surface area contributed by atoms with Crippen LogP contribution in [0.15, 0.2) is 61.4 Å². The molecule has 0 aliphatic carbocycles. The van der Waals surface area contributed by atoms with Crippen molar-refractivity contribution < 1.29 is 9.53 Å². The molecule has 4 aromatic rings. The molecular formula is C27H31N7O2. The van der Waals surface area contributed by atoms with Crippen molar-refractivity contribution in [2.24, 2.45) is 13.0 Å². The molecular weight excluding hydrogens is 454 g/mol. The van der Waals surface area contributed by atoms with E-state index in [0.717, 1.165) is 40.8 Å². The van der Waals surface area contributed by atoms with E-state index in [9.17, 15) is 4.79 Å². The second kappa shape index (κ2) is 9.56. The Morgan fingerprint density at radius 1 is 0.972 bits per heavy atom. The Labute approximate surface area is 210 Å². The van der Waals surface area contributed by atoms with E-state index in [2.05, 4.69) is 32.3 Å². The van der Waals surface area contributed by atoms with Crippen molar-refractivity contribution in [2.45, 2.75) is 39.3 Å². The van der Waals surface area contributed by atoms with E-state index in [1.165, 1.54) is 0 Å². The van der Waals surface area contributed by atoms with E-state index in [-0.39, 0.29) is 6.09 Å². The number of nitrogens with zero attached hydrogens (tertiary/aromatic N) is 7. The molecule has 0 N–H and O–H groups in total. The van der Waals surface area contributed by atoms with Crippen LogP contribution in [0.4, 0.5) is 4.79 Å². The van der Waals surface area contributed by atoms with Crippen molar-refractivity contribution in [3.05, 3.63) is 61.4 Å². The highest BCUT2D eigenvalue weighted by atomic mass is 16.6. The van der Waals surface area contributed by atoms with Gasteiger partial charge in [-0.15, -0.1) is 0 Å². The first-order valence-electron chi connectivity index (χ1n) is 12.2. The maximum atomic E-state index is 12.3. The van der Waals surface area contributed by atoms with Gasteiger partial charge in [-0.25, -0.2) is 14.8 Å². The van der Waals surface area contributed by atoms with E-state index < -0.39 is 5.60 Å². The van der Waals surface area contributed by atoms with Gasteiger partial charge in [-0.2, -0.15) is 10.2 Å². The number of rotatable bonds is 5. The fourth-order valence-corrected chi connectivity index (χ4v) is 4.39. The lowest BCUT2D eigenvalue weighted by molar-refractivity contribution is 0.0286. The molecule has 0 radical (unpaired) electrons. The normalized spacial score (nSPS) is 15.9. The van der Waals surface area contributed by atoms with Crippen molar-refractivity contribution in [2.75, 3.05) is 13.1 Å². The van der Waals surface area contributed by atoms with Gasteiger partial charge in [0, 0.05) is 73.7 Å². The molecule has 1 unspecified atom stereocenters. The van der Waals surface area contributed by atoms with E-state index >= 15 is 0 Å². The molecule has 186 valence electrons. The summed E-state index contributed by atoms with van der Waals surface area (Å²) in [5, 5.41) is 8.78. The van der Waals surface area contributed by atoms with Crippen LogP contribution in [0, 0.1) is 5.92 Å². The summed E-state index contributed by atoms with van der Waals surface area (Å²) in [5.74, 6) is 1.01. The average Bonchev–Trinajstić information content (AvgIpc) is 3.60. The zero-order chi connectivity index (χ0) is 25.3. The third-order valence-corrected chi connectivity index (χ3v) is 6.16. The number of aromatic nitrogens is 6. The average molecular weight is 486 g/mol. The van der Waals surface area contributed by atoms with Crippen LogP contribution in [0.2, 0.25) is 0 Å². The number of hydrogen-bond donors (Lipinski definition) is 0. The van der Waals surface area contributed by atoms with Gasteiger partial charge in [0.25, 0.3) is 0 Å². The van der Waals surface area contributed by atoms with Crippen LogP contribution in [0.1, 0.15) is 27.2 Å². The number of amides is 1. The van der Waals surface area contributed by atoms with Crippen molar-refractivity contribution in [3.8, 4) is 33.6 Å². The molecule has 1 fully saturated rings. The van der Waals surface area contributed by atoms with E-state index in [0.29, 0.717) is 24.8 Å². The van der Waals surface area contributed by atoms with Gasteiger partial charge in [0.05, 0.1) is 12.4 Å². The van der Waals surface area contributed by atoms with Crippen LogP contribution in [0.25, 0.3) is 33.6 Å². The van der Waals surface area contributed by atoms with E-state index in [1.807, 2.05) is 81.8 Å². The fourth-order valence-electron chi connectivity index (χ4n) is 4.39. The van der Waals surface area contributed by atoms with Crippen LogP contribution in [0.3, 0.4) is 0 Å². The number of benzene rings is 1. The zero-order valence-corrected chi connectivity index (χ0v) is 21.1. The molecule has 1 aromatic carbocycles. The highest BCUT2D eigenvalue weighted by molar-refractivity contribution is 5.70. The molecule has 4 heterocycles. The van der Waals surface area contributed by atoms with Crippen molar-refractivity contribution >= 4 is 6.09 Å². The van der Waals surface area contributed by atoms with Gasteiger partial charge in [-0.05, 0) is 44.7 Å². The summed E-state index contributed by atoms with van der Waals surface area (Å²) in [7, 11) is 1.91. The third kappa shape index (κ3) is 5.45. The summed E-state index contributed by atoms with van der Waals surface area (Å²) in [5.41, 5.74) is 4.48. The number of aryl methyl sites for hydroxylation is 1. The van der Waals surface area contributed by atoms with E-state index in [4.69, 9.17) is 4.74 Å². The highest BCUT2D eigenvalue weighted by Crippen LogP contribution is 2.26. The van der Waals surface area contributed by atoms with Crippen LogP contribution >= 0.6 is 0 Å². The van der Waals surface area contributed by atoms with Gasteiger partial charge in [0.15, 0.2) is 5.82 Å². The first-order valence-corrected chi connectivity index (χ1v) is 12.2. The smallest absolute Gasteiger partial charge is 0.410 e. The Morgan fingerprint density at radius 2 is 1.69 bits per heavy atom. The van der Waals surface area contributed by atoms with Crippen LogP contribution in [-0.4, -0.2) is 59.2 Å². The highest BCUT2D eigenvalue weighted by Gasteiger charge is 2.30. The SMILES string of the molecule is Cn1cc(-c2cccc(-c3ncc(-c4cnn(CC5CCN(C(=O)OC(C)(C)C)C5)c4)cn3)c2)cn1. The monoisotopic (exact) mass is 485 g/mol. The molecule has 1 aliphatic heterocycles. The summed E-state index contributed by atoms with van der Waals surface area (Å²) in [6.07, 6.45) is 12.0. The number of ether oxygens (including phenoxy) is 1. The fraction of sp³-hybridized carbons (Fsp3) is 0.370. The van der Waals surface area contributed by atoms with Gasteiger partial charge in [0.2, 0.25) is 0 Å². The van der Waals surface area contributed by atoms with Crippen LogP contribution in [0.5, 0.6) is 0 Å². The topological polar surface area (TPSA) is 91.0 Å². The zero-order valence-electron chi connectivity index (χ0n) is 21.1. The minimum Gasteiger partial charge on any atom is -0.444 e. The van der Waals surface area contributed by atoms with Crippen molar-refractivity contribution in [3.63, 3.8) is 0 Å². The molecule has 36 heavy (non-hydrogen) atoms. The predicted molar refractivity (Wildman–Crippen MR) is 137 cm³/mol. The Balaban J connectivity index is 1.22. The molecule has 9 nitrogen and oxygen atoms in total. The molecule has 1 amide bonds. The van der Waals surface area contributed by atoms with Gasteiger partial charge in [0.1, 0.15) is 5.60 Å². The van der Waals surface area contributed by atoms with Crippen LogP contribution in [-0.2, 0) is 18.3 Å². The second-order valence-corrected chi connectivity index (χ2v) is 10.3. The van der Waals surface area contributed by atoms with E-state index in [1.54, 1.807) is 9.58 Å². The summed E-state index contributed by atoms with van der Waals surface area (Å²) < 4.78 is 9.22. The summed E-state index contributed by atoms with van der Waals surface area (Å²) in [4.78, 5) is 23.3. The largest absolute Gasteiger partial charge is 0.444 e. The molecule has 9 heteroatoms. The van der Waals surface area contributed by atoms with Gasteiger partial charge >= 0.3 is 6.09 Å². The Kier molecular flexibility index (Phi) is 6.30. The second-order valence-electron chi connectivity index (χ2n) is 10.3. The molecule has 0 spiro atoms. The third-order valence-electron chi connectivity index (χ3n) is 6.16. The Hall–Kier alpha value is -4.01.